The van der Waals surface area contributed by atoms with Crippen LogP contribution in [-0.4, -0.2) is 17.1 Å². The molecule has 0 spiro atoms. The molecule has 0 saturated heterocycles. The average Bonchev–Trinajstić information content (AvgIpc) is 2.98. The molecule has 0 fully saturated rings. The number of ether oxygens (including phenoxy) is 1. The maximum atomic E-state index is 5.37. The predicted molar refractivity (Wildman–Crippen MR) is 104 cm³/mol. The van der Waals surface area contributed by atoms with Gasteiger partial charge in [0.05, 0.1) is 33.5 Å². The molecule has 3 nitrogen and oxygen atoms in total. The Labute approximate surface area is 155 Å². The first kappa shape index (κ1) is 16.1. The minimum Gasteiger partial charge on any atom is -0.495 e. The summed E-state index contributed by atoms with van der Waals surface area (Å²) in [6.45, 7) is 4.31. The summed E-state index contributed by atoms with van der Waals surface area (Å²) in [7, 11) is 1.66. The molecule has 0 unspecified atom stereocenters. The standard InChI is InChI=1S/C16H14BrIN2OS/c1-8(2)16-20-12(7-22-16)11-6-10(18)9-4-5-13(21-3)14(17)15(9)19-11/h4-8H,1-3H3. The van der Waals surface area contributed by atoms with Crippen molar-refractivity contribution in [3.8, 4) is 17.1 Å². The highest BCUT2D eigenvalue weighted by molar-refractivity contribution is 14.1. The fourth-order valence-electron chi connectivity index (χ4n) is 2.16. The lowest BCUT2D eigenvalue weighted by Crippen LogP contribution is -1.93. The highest BCUT2D eigenvalue weighted by Gasteiger charge is 2.14. The summed E-state index contributed by atoms with van der Waals surface area (Å²) in [5.41, 5.74) is 2.73. The zero-order valence-electron chi connectivity index (χ0n) is 12.4. The number of aromatic nitrogens is 2. The number of fused-ring (bicyclic) bond motifs is 1. The van der Waals surface area contributed by atoms with Gasteiger partial charge in [-0.3, -0.25) is 0 Å². The molecule has 0 aliphatic carbocycles. The summed E-state index contributed by atoms with van der Waals surface area (Å²) in [5, 5.41) is 4.32. The zero-order valence-corrected chi connectivity index (χ0v) is 16.9. The van der Waals surface area contributed by atoms with Crippen LogP contribution in [-0.2, 0) is 0 Å². The number of hydrogen-bond acceptors (Lipinski definition) is 4. The number of rotatable bonds is 3. The fourth-order valence-corrected chi connectivity index (χ4v) is 4.31. The molecule has 0 aliphatic rings. The van der Waals surface area contributed by atoms with E-state index in [0.29, 0.717) is 5.92 Å². The Morgan fingerprint density at radius 2 is 2.00 bits per heavy atom. The van der Waals surface area contributed by atoms with E-state index in [0.717, 1.165) is 41.1 Å². The minimum atomic E-state index is 0.435. The lowest BCUT2D eigenvalue weighted by atomic mass is 10.1. The molecule has 0 N–H and O–H groups in total. The van der Waals surface area contributed by atoms with Gasteiger partial charge in [-0.1, -0.05) is 13.8 Å². The van der Waals surface area contributed by atoms with Gasteiger partial charge in [0.25, 0.3) is 0 Å². The van der Waals surface area contributed by atoms with E-state index < -0.39 is 0 Å². The number of methoxy groups -OCH3 is 1. The first-order valence-electron chi connectivity index (χ1n) is 6.79. The summed E-state index contributed by atoms with van der Waals surface area (Å²) < 4.78 is 7.41. The predicted octanol–water partition coefficient (Wildman–Crippen LogP) is 5.86. The summed E-state index contributed by atoms with van der Waals surface area (Å²) in [4.78, 5) is 9.51. The molecule has 6 heteroatoms. The third kappa shape index (κ3) is 2.88. The number of benzene rings is 1. The largest absolute Gasteiger partial charge is 0.495 e. The van der Waals surface area contributed by atoms with E-state index in [9.17, 15) is 0 Å². The highest BCUT2D eigenvalue weighted by Crippen LogP contribution is 2.36. The second-order valence-electron chi connectivity index (χ2n) is 5.19. The minimum absolute atomic E-state index is 0.435. The highest BCUT2D eigenvalue weighted by atomic mass is 127. The third-order valence-corrected chi connectivity index (χ3v) is 6.14. The zero-order chi connectivity index (χ0) is 15.9. The normalized spacial score (nSPS) is 11.4. The first-order valence-corrected chi connectivity index (χ1v) is 9.55. The van der Waals surface area contributed by atoms with Crippen molar-refractivity contribution in [2.45, 2.75) is 19.8 Å². The van der Waals surface area contributed by atoms with Crippen molar-refractivity contribution in [3.63, 3.8) is 0 Å². The van der Waals surface area contributed by atoms with Gasteiger partial charge in [-0.15, -0.1) is 11.3 Å². The van der Waals surface area contributed by atoms with E-state index in [-0.39, 0.29) is 0 Å². The van der Waals surface area contributed by atoms with Crippen molar-refractivity contribution in [2.24, 2.45) is 0 Å². The Morgan fingerprint density at radius 3 is 2.64 bits per heavy atom. The number of thiazole rings is 1. The van der Waals surface area contributed by atoms with Gasteiger partial charge in [0.1, 0.15) is 5.75 Å². The molecule has 3 rings (SSSR count). The number of halogens is 2. The van der Waals surface area contributed by atoms with Gasteiger partial charge in [0, 0.05) is 20.3 Å². The molecule has 0 aliphatic heterocycles. The van der Waals surface area contributed by atoms with E-state index >= 15 is 0 Å². The molecule has 22 heavy (non-hydrogen) atoms. The summed E-state index contributed by atoms with van der Waals surface area (Å²) in [6.07, 6.45) is 0. The Hall–Kier alpha value is -0.730. The maximum absolute atomic E-state index is 5.37. The smallest absolute Gasteiger partial charge is 0.135 e. The Balaban J connectivity index is 2.20. The van der Waals surface area contributed by atoms with Crippen LogP contribution < -0.4 is 4.74 Å². The summed E-state index contributed by atoms with van der Waals surface area (Å²) in [6, 6.07) is 6.08. The van der Waals surface area contributed by atoms with Gasteiger partial charge in [0.2, 0.25) is 0 Å². The molecule has 3 aromatic rings. The van der Waals surface area contributed by atoms with Crippen LogP contribution in [0.2, 0.25) is 0 Å². The van der Waals surface area contributed by atoms with Gasteiger partial charge >= 0.3 is 0 Å². The molecular weight excluding hydrogens is 475 g/mol. The van der Waals surface area contributed by atoms with Crippen LogP contribution in [0, 0.1) is 3.57 Å². The lowest BCUT2D eigenvalue weighted by Gasteiger charge is -2.09. The number of hydrogen-bond donors (Lipinski definition) is 0. The third-order valence-electron chi connectivity index (χ3n) is 3.33. The molecule has 2 aromatic heterocycles. The lowest BCUT2D eigenvalue weighted by molar-refractivity contribution is 0.413. The Kier molecular flexibility index (Phi) is 4.70. The van der Waals surface area contributed by atoms with E-state index in [2.05, 4.69) is 63.8 Å². The number of nitrogens with zero attached hydrogens (tertiary/aromatic N) is 2. The van der Waals surface area contributed by atoms with Gasteiger partial charge in [-0.25, -0.2) is 9.97 Å². The summed E-state index contributed by atoms with van der Waals surface area (Å²) in [5.74, 6) is 1.22. The van der Waals surface area contributed by atoms with Crippen LogP contribution in [0.1, 0.15) is 24.8 Å². The second kappa shape index (κ2) is 6.41. The van der Waals surface area contributed by atoms with Crippen LogP contribution in [0.25, 0.3) is 22.3 Å². The van der Waals surface area contributed by atoms with Crippen LogP contribution in [0.3, 0.4) is 0 Å². The van der Waals surface area contributed by atoms with E-state index in [4.69, 9.17) is 14.7 Å². The molecular formula is C16H14BrIN2OS. The Bertz CT molecular complexity index is 848. The quantitative estimate of drug-likeness (QED) is 0.433. The molecule has 0 bridgehead atoms. The van der Waals surface area contributed by atoms with Gasteiger partial charge in [-0.2, -0.15) is 0 Å². The molecule has 2 heterocycles. The molecule has 0 saturated carbocycles. The van der Waals surface area contributed by atoms with Crippen LogP contribution >= 0.6 is 49.9 Å². The van der Waals surface area contributed by atoms with Crippen molar-refractivity contribution in [1.29, 1.82) is 0 Å². The first-order chi connectivity index (χ1) is 10.5. The van der Waals surface area contributed by atoms with E-state index in [1.165, 1.54) is 0 Å². The van der Waals surface area contributed by atoms with Crippen molar-refractivity contribution < 1.29 is 4.74 Å². The SMILES string of the molecule is COc1ccc2c(I)cc(-c3csc(C(C)C)n3)nc2c1Br. The molecule has 0 amide bonds. The Morgan fingerprint density at radius 1 is 1.23 bits per heavy atom. The van der Waals surface area contributed by atoms with Crippen LogP contribution in [0.15, 0.2) is 28.1 Å². The van der Waals surface area contributed by atoms with Crippen molar-refractivity contribution in [1.82, 2.24) is 9.97 Å². The second-order valence-corrected chi connectivity index (χ2v) is 8.04. The van der Waals surface area contributed by atoms with Crippen molar-refractivity contribution in [2.75, 3.05) is 7.11 Å². The topological polar surface area (TPSA) is 35.0 Å². The molecule has 1 aromatic carbocycles. The van der Waals surface area contributed by atoms with Gasteiger partial charge in [-0.05, 0) is 56.7 Å². The average molecular weight is 489 g/mol. The van der Waals surface area contributed by atoms with Crippen molar-refractivity contribution in [3.05, 3.63) is 36.6 Å². The van der Waals surface area contributed by atoms with Crippen LogP contribution in [0.4, 0.5) is 0 Å². The molecule has 0 atom stereocenters. The molecule has 0 radical (unpaired) electrons. The van der Waals surface area contributed by atoms with Crippen LogP contribution in [0.5, 0.6) is 5.75 Å². The monoisotopic (exact) mass is 488 g/mol. The van der Waals surface area contributed by atoms with Gasteiger partial charge < -0.3 is 4.74 Å². The van der Waals surface area contributed by atoms with Crippen molar-refractivity contribution >= 4 is 60.8 Å². The molecule has 114 valence electrons. The maximum Gasteiger partial charge on any atom is 0.135 e. The van der Waals surface area contributed by atoms with Gasteiger partial charge in [0.15, 0.2) is 0 Å². The summed E-state index contributed by atoms with van der Waals surface area (Å²) >= 11 is 7.63. The van der Waals surface area contributed by atoms with E-state index in [1.807, 2.05) is 12.1 Å². The number of pyridine rings is 1. The van der Waals surface area contributed by atoms with E-state index in [1.54, 1.807) is 18.4 Å². The fraction of sp³-hybridized carbons (Fsp3) is 0.250.